The number of nitrogen functional groups attached to an aromatic ring is 1. The number of rotatable bonds is 8. The number of carbonyl (C=O) groups excluding carboxylic acids is 2. The van der Waals surface area contributed by atoms with Crippen molar-refractivity contribution >= 4 is 63.8 Å². The van der Waals surface area contributed by atoms with E-state index in [0.29, 0.717) is 0 Å². The summed E-state index contributed by atoms with van der Waals surface area (Å²) in [7, 11) is 1.23. The van der Waals surface area contributed by atoms with Crippen molar-refractivity contribution in [2.45, 2.75) is 11.4 Å². The summed E-state index contributed by atoms with van der Waals surface area (Å²) in [5.41, 5.74) is 5.05. The van der Waals surface area contributed by atoms with Gasteiger partial charge in [-0.15, -0.1) is 23.1 Å². The van der Waals surface area contributed by atoms with Crippen LogP contribution in [0.4, 0.5) is 5.13 Å². The molecular weight excluding hydrogens is 550 g/mol. The van der Waals surface area contributed by atoms with Gasteiger partial charge >= 0.3 is 65.1 Å². The summed E-state index contributed by atoms with van der Waals surface area (Å²) < 4.78 is 4.84. The average molecular weight is 564 g/mol. The SMILES string of the molecule is CO/N=C(\C([O-])=NC1C(=O)N2C(C(=O)O)=C(/C=C/c3cc(C(=O)[O-])no3)CSC12)c1csc(N)n1.[Na+].[Na+]. The number of amides is 1. The van der Waals surface area contributed by atoms with Gasteiger partial charge in [0.1, 0.15) is 35.3 Å². The summed E-state index contributed by atoms with van der Waals surface area (Å²) in [4.78, 5) is 49.2. The number of oxime groups is 1. The number of hydrogen-bond donors (Lipinski definition) is 2. The fourth-order valence-corrected chi connectivity index (χ4v) is 5.10. The van der Waals surface area contributed by atoms with Crippen molar-refractivity contribution in [3.8, 4) is 0 Å². The van der Waals surface area contributed by atoms with Crippen LogP contribution in [0.5, 0.6) is 0 Å². The molecule has 18 heteroatoms. The van der Waals surface area contributed by atoms with Crippen molar-refractivity contribution in [1.82, 2.24) is 15.0 Å². The van der Waals surface area contributed by atoms with Gasteiger partial charge in [0.15, 0.2) is 16.9 Å². The van der Waals surface area contributed by atoms with Crippen molar-refractivity contribution in [2.24, 2.45) is 10.1 Å². The number of allylic oxidation sites excluding steroid dienone is 1. The first-order chi connectivity index (χ1) is 16.7. The van der Waals surface area contributed by atoms with E-state index in [4.69, 9.17) is 10.3 Å². The molecule has 0 aliphatic carbocycles. The predicted molar refractivity (Wildman–Crippen MR) is 119 cm³/mol. The number of aromatic carboxylic acids is 1. The van der Waals surface area contributed by atoms with E-state index in [2.05, 4.69) is 25.1 Å². The van der Waals surface area contributed by atoms with Crippen LogP contribution in [0.25, 0.3) is 6.08 Å². The summed E-state index contributed by atoms with van der Waals surface area (Å²) >= 11 is 2.28. The van der Waals surface area contributed by atoms with Gasteiger partial charge in [0.05, 0.1) is 5.97 Å². The molecule has 1 saturated heterocycles. The zero-order valence-electron chi connectivity index (χ0n) is 19.6. The van der Waals surface area contributed by atoms with E-state index in [9.17, 15) is 29.7 Å². The number of fused-ring (bicyclic) bond motifs is 1. The van der Waals surface area contributed by atoms with Crippen molar-refractivity contribution in [1.29, 1.82) is 0 Å². The molecule has 2 unspecified atom stereocenters. The third kappa shape index (κ3) is 6.46. The molecule has 4 rings (SSSR count). The molecule has 1 fully saturated rings. The number of nitrogens with zero attached hydrogens (tertiary/aromatic N) is 5. The second-order valence-electron chi connectivity index (χ2n) is 6.90. The summed E-state index contributed by atoms with van der Waals surface area (Å²) in [6.45, 7) is 0. The molecule has 2 aromatic rings. The first-order valence-corrected chi connectivity index (χ1v) is 11.5. The number of β-lactam (4-membered cyclic amide) rings is 1. The minimum absolute atomic E-state index is 0. The Kier molecular flexibility index (Phi) is 11.0. The van der Waals surface area contributed by atoms with Crippen molar-refractivity contribution in [3.63, 3.8) is 0 Å². The maximum absolute atomic E-state index is 12.8. The maximum Gasteiger partial charge on any atom is 1.00 e. The smallest absolute Gasteiger partial charge is 0.857 e. The first-order valence-electron chi connectivity index (χ1n) is 9.56. The molecule has 0 saturated carbocycles. The Bertz CT molecular complexity index is 1340. The van der Waals surface area contributed by atoms with E-state index < -0.39 is 40.9 Å². The van der Waals surface area contributed by atoms with E-state index in [1.807, 2.05) is 0 Å². The van der Waals surface area contributed by atoms with E-state index >= 15 is 0 Å². The molecule has 2 aliphatic rings. The minimum Gasteiger partial charge on any atom is -0.857 e. The number of aromatic nitrogens is 2. The topological polar surface area (TPSA) is 220 Å². The number of nitrogens with two attached hydrogens (primary N) is 1. The Morgan fingerprint density at radius 2 is 2.05 bits per heavy atom. The van der Waals surface area contributed by atoms with E-state index in [0.717, 1.165) is 22.3 Å². The number of hydrogen-bond acceptors (Lipinski definition) is 14. The van der Waals surface area contributed by atoms with Gasteiger partial charge in [0.2, 0.25) is 0 Å². The average Bonchev–Trinajstić information content (AvgIpc) is 3.47. The molecule has 2 aromatic heterocycles. The molecule has 0 bridgehead atoms. The third-order valence-electron chi connectivity index (χ3n) is 4.76. The Balaban J connectivity index is 0.00000241. The quantitative estimate of drug-likeness (QED) is 0.100. The molecule has 3 N–H and O–H groups in total. The molecule has 0 spiro atoms. The van der Waals surface area contributed by atoms with Crippen LogP contribution in [-0.4, -0.2) is 73.9 Å². The van der Waals surface area contributed by atoms with Gasteiger partial charge in [-0.05, 0) is 11.6 Å². The second kappa shape index (κ2) is 13.1. The molecule has 1 amide bonds. The molecule has 4 heterocycles. The summed E-state index contributed by atoms with van der Waals surface area (Å²) in [6.07, 6.45) is 2.70. The largest absolute Gasteiger partial charge is 1.00 e. The number of carbonyl (C=O) groups is 3. The van der Waals surface area contributed by atoms with Gasteiger partial charge in [0.25, 0.3) is 5.91 Å². The summed E-state index contributed by atoms with van der Waals surface area (Å²) in [6, 6.07) is -0.0268. The van der Waals surface area contributed by atoms with Gasteiger partial charge in [0, 0.05) is 23.1 Å². The number of thiazole rings is 1. The normalized spacial score (nSPS) is 19.6. The maximum atomic E-state index is 12.8. The van der Waals surface area contributed by atoms with Crippen LogP contribution in [0.15, 0.2) is 43.5 Å². The number of carboxylic acids is 2. The van der Waals surface area contributed by atoms with Gasteiger partial charge < -0.3 is 35.2 Å². The second-order valence-corrected chi connectivity index (χ2v) is 8.89. The predicted octanol–water partition coefficient (Wildman–Crippen LogP) is -7.47. The monoisotopic (exact) mass is 564 g/mol. The molecule has 0 radical (unpaired) electrons. The molecule has 14 nitrogen and oxygen atoms in total. The van der Waals surface area contributed by atoms with Crippen LogP contribution < -0.4 is 75.1 Å². The Morgan fingerprint density at radius 3 is 2.62 bits per heavy atom. The molecular formula is C19H14N6Na2O8S2. The first kappa shape index (κ1) is 31.0. The Labute approximate surface area is 260 Å². The summed E-state index contributed by atoms with van der Waals surface area (Å²) in [5.74, 6) is -4.23. The number of thioether (sulfide) groups is 1. The van der Waals surface area contributed by atoms with E-state index in [1.165, 1.54) is 36.4 Å². The van der Waals surface area contributed by atoms with Gasteiger partial charge in [-0.1, -0.05) is 16.4 Å². The van der Waals surface area contributed by atoms with Crippen LogP contribution >= 0.6 is 23.1 Å². The Hall–Kier alpha value is -2.18. The number of carboxylic acid groups (broad SMARTS) is 2. The van der Waals surface area contributed by atoms with Crippen LogP contribution in [0.1, 0.15) is 21.9 Å². The Morgan fingerprint density at radius 1 is 1.32 bits per heavy atom. The van der Waals surface area contributed by atoms with Crippen molar-refractivity contribution in [2.75, 3.05) is 18.6 Å². The van der Waals surface area contributed by atoms with Crippen molar-refractivity contribution in [3.05, 3.63) is 45.9 Å². The standard InChI is InChI=1S/C19H16N6O8S2.2Na/c1-32-24-11(10-6-35-19(20)21-10)14(26)22-12-15(27)25-13(18(30)31)7(5-34-16(12)25)2-3-8-4-9(17(28)29)23-33-8;;/h2-4,6,12,16H,5H2,1H3,(H2,20,21)(H,22,26)(H,28,29)(H,30,31);;/q;2*+1/p-2/b3-2+,24-11-;;. The molecule has 2 atom stereocenters. The summed E-state index contributed by atoms with van der Waals surface area (Å²) in [5, 5.41) is 41.1. The van der Waals surface area contributed by atoms with Gasteiger partial charge in [-0.3, -0.25) is 14.7 Å². The third-order valence-corrected chi connectivity index (χ3v) is 6.73. The number of aliphatic carboxylic acids is 1. The van der Waals surface area contributed by atoms with Crippen LogP contribution in [0.3, 0.4) is 0 Å². The number of anilines is 1. The van der Waals surface area contributed by atoms with E-state index in [-0.39, 0.29) is 98.4 Å². The molecule has 37 heavy (non-hydrogen) atoms. The van der Waals surface area contributed by atoms with Gasteiger partial charge in [-0.25, -0.2) is 9.78 Å². The number of aliphatic imine (C=N–C) groups is 1. The fourth-order valence-electron chi connectivity index (χ4n) is 3.25. The van der Waals surface area contributed by atoms with Crippen molar-refractivity contribution < 1.29 is 98.2 Å². The zero-order valence-corrected chi connectivity index (χ0v) is 25.2. The zero-order chi connectivity index (χ0) is 25.3. The van der Waals surface area contributed by atoms with Crippen LogP contribution in [-0.2, 0) is 14.4 Å². The molecule has 182 valence electrons. The molecule has 0 aromatic carbocycles. The minimum atomic E-state index is -1.53. The van der Waals surface area contributed by atoms with Crippen LogP contribution in [0, 0.1) is 0 Å². The van der Waals surface area contributed by atoms with E-state index in [1.54, 1.807) is 0 Å². The molecule has 2 aliphatic heterocycles. The van der Waals surface area contributed by atoms with Crippen LogP contribution in [0.2, 0.25) is 0 Å². The fraction of sp³-hybridized carbons (Fsp3) is 0.211. The van der Waals surface area contributed by atoms with Gasteiger partial charge in [-0.2, -0.15) is 0 Å².